The Kier molecular flexibility index (Phi) is 5.67. The summed E-state index contributed by atoms with van der Waals surface area (Å²) in [4.78, 5) is 2.56. The van der Waals surface area contributed by atoms with E-state index in [-0.39, 0.29) is 0 Å². The van der Waals surface area contributed by atoms with Gasteiger partial charge in [0.1, 0.15) is 0 Å². The summed E-state index contributed by atoms with van der Waals surface area (Å²) in [6.45, 7) is 6.93. The van der Waals surface area contributed by atoms with Crippen LogP contribution in [0.1, 0.15) is 31.7 Å². The number of rotatable bonds is 4. The number of hydrogen-bond acceptors (Lipinski definition) is 2. The number of benzene rings is 1. The molecule has 0 amide bonds. The van der Waals surface area contributed by atoms with Crippen molar-refractivity contribution in [1.82, 2.24) is 10.2 Å². The molecular formula is C15H23BrN2. The van der Waals surface area contributed by atoms with Crippen molar-refractivity contribution in [3.8, 4) is 0 Å². The van der Waals surface area contributed by atoms with Gasteiger partial charge in [-0.05, 0) is 50.5 Å². The average Bonchev–Trinajstić information content (AvgIpc) is 2.63. The topological polar surface area (TPSA) is 15.3 Å². The molecule has 0 radical (unpaired) electrons. The highest BCUT2D eigenvalue weighted by atomic mass is 79.9. The molecular weight excluding hydrogens is 288 g/mol. The van der Waals surface area contributed by atoms with E-state index in [9.17, 15) is 0 Å². The Labute approximate surface area is 119 Å². The van der Waals surface area contributed by atoms with Crippen LogP contribution in [0.5, 0.6) is 0 Å². The van der Waals surface area contributed by atoms with Crippen LogP contribution in [0.15, 0.2) is 28.7 Å². The Bertz CT molecular complexity index is 367. The highest BCUT2D eigenvalue weighted by Crippen LogP contribution is 2.17. The highest BCUT2D eigenvalue weighted by Gasteiger charge is 2.15. The van der Waals surface area contributed by atoms with Crippen LogP contribution in [0, 0.1) is 0 Å². The number of likely N-dealkylation sites (tertiary alicyclic amines) is 1. The zero-order chi connectivity index (χ0) is 12.8. The van der Waals surface area contributed by atoms with Crippen molar-refractivity contribution in [2.75, 3.05) is 19.6 Å². The van der Waals surface area contributed by atoms with Crippen molar-refractivity contribution in [3.63, 3.8) is 0 Å². The lowest BCUT2D eigenvalue weighted by Crippen LogP contribution is -2.30. The maximum absolute atomic E-state index is 3.71. The zero-order valence-corrected chi connectivity index (χ0v) is 12.7. The Hall–Kier alpha value is -0.380. The largest absolute Gasteiger partial charge is 0.310 e. The maximum Gasteiger partial charge on any atom is 0.0220 e. The molecule has 1 fully saturated rings. The van der Waals surface area contributed by atoms with Crippen LogP contribution < -0.4 is 5.32 Å². The van der Waals surface area contributed by atoms with E-state index in [0.29, 0.717) is 6.04 Å². The van der Waals surface area contributed by atoms with Gasteiger partial charge in [-0.3, -0.25) is 0 Å². The summed E-state index contributed by atoms with van der Waals surface area (Å²) in [7, 11) is 0. The van der Waals surface area contributed by atoms with E-state index >= 15 is 0 Å². The molecule has 1 aromatic carbocycles. The van der Waals surface area contributed by atoms with Crippen LogP contribution in [0.25, 0.3) is 0 Å². The highest BCUT2D eigenvalue weighted by molar-refractivity contribution is 9.10. The third-order valence-electron chi connectivity index (χ3n) is 3.81. The van der Waals surface area contributed by atoms with Gasteiger partial charge in [-0.2, -0.15) is 0 Å². The van der Waals surface area contributed by atoms with E-state index in [1.54, 1.807) is 0 Å². The van der Waals surface area contributed by atoms with Gasteiger partial charge in [-0.15, -0.1) is 0 Å². The molecule has 1 aromatic rings. The van der Waals surface area contributed by atoms with Gasteiger partial charge >= 0.3 is 0 Å². The molecule has 1 aliphatic rings. The zero-order valence-electron chi connectivity index (χ0n) is 11.2. The number of nitrogens with one attached hydrogen (secondary N) is 1. The third kappa shape index (κ3) is 4.08. The molecule has 2 rings (SSSR count). The van der Waals surface area contributed by atoms with E-state index in [2.05, 4.69) is 57.3 Å². The summed E-state index contributed by atoms with van der Waals surface area (Å²) in [6, 6.07) is 9.15. The standard InChI is InChI=1S/C15H23BrN2/c1-2-18-10-5-7-14(9-11-18)17-12-13-6-3-4-8-15(13)16/h3-4,6,8,14,17H,2,5,7,9-12H2,1H3. The molecule has 1 aliphatic heterocycles. The lowest BCUT2D eigenvalue weighted by molar-refractivity contribution is 0.297. The summed E-state index contributed by atoms with van der Waals surface area (Å²) in [5, 5.41) is 3.71. The predicted octanol–water partition coefficient (Wildman–Crippen LogP) is 3.41. The summed E-state index contributed by atoms with van der Waals surface area (Å²) in [5.74, 6) is 0. The molecule has 0 aromatic heterocycles. The van der Waals surface area contributed by atoms with E-state index in [1.807, 2.05) is 0 Å². The van der Waals surface area contributed by atoms with Gasteiger partial charge in [0.25, 0.3) is 0 Å². The first kappa shape index (κ1) is 14.0. The first-order chi connectivity index (χ1) is 8.79. The molecule has 0 spiro atoms. The minimum atomic E-state index is 0.675. The van der Waals surface area contributed by atoms with Crippen molar-refractivity contribution in [2.45, 2.75) is 38.8 Å². The van der Waals surface area contributed by atoms with Crippen LogP contribution >= 0.6 is 15.9 Å². The third-order valence-corrected chi connectivity index (χ3v) is 4.58. The molecule has 0 aliphatic carbocycles. The molecule has 0 saturated carbocycles. The SMILES string of the molecule is CCN1CCCC(NCc2ccccc2Br)CC1. The second-order valence-electron chi connectivity index (χ2n) is 5.03. The minimum Gasteiger partial charge on any atom is -0.310 e. The predicted molar refractivity (Wildman–Crippen MR) is 80.7 cm³/mol. The Balaban J connectivity index is 1.82. The first-order valence-corrected chi connectivity index (χ1v) is 7.78. The van der Waals surface area contributed by atoms with Gasteiger partial charge in [0.2, 0.25) is 0 Å². The molecule has 1 unspecified atom stereocenters. The van der Waals surface area contributed by atoms with Crippen molar-refractivity contribution in [1.29, 1.82) is 0 Å². The summed E-state index contributed by atoms with van der Waals surface area (Å²) in [6.07, 6.45) is 3.90. The second kappa shape index (κ2) is 7.27. The molecule has 1 N–H and O–H groups in total. The lowest BCUT2D eigenvalue weighted by atomic mass is 10.1. The van der Waals surface area contributed by atoms with Gasteiger partial charge in [-0.25, -0.2) is 0 Å². The Morgan fingerprint density at radius 3 is 2.89 bits per heavy atom. The summed E-state index contributed by atoms with van der Waals surface area (Å²) >= 11 is 3.61. The van der Waals surface area contributed by atoms with Crippen molar-refractivity contribution in [2.24, 2.45) is 0 Å². The van der Waals surface area contributed by atoms with Gasteiger partial charge in [-0.1, -0.05) is 41.1 Å². The fourth-order valence-corrected chi connectivity index (χ4v) is 3.00. The Morgan fingerprint density at radius 2 is 2.11 bits per heavy atom. The molecule has 0 bridgehead atoms. The van der Waals surface area contributed by atoms with Crippen LogP contribution in [-0.2, 0) is 6.54 Å². The molecule has 1 heterocycles. The number of nitrogens with zero attached hydrogens (tertiary/aromatic N) is 1. The monoisotopic (exact) mass is 310 g/mol. The molecule has 1 atom stereocenters. The Morgan fingerprint density at radius 1 is 1.28 bits per heavy atom. The van der Waals surface area contributed by atoms with Crippen LogP contribution in [-0.4, -0.2) is 30.6 Å². The van der Waals surface area contributed by atoms with Gasteiger partial charge in [0.15, 0.2) is 0 Å². The summed E-state index contributed by atoms with van der Waals surface area (Å²) < 4.78 is 1.21. The van der Waals surface area contributed by atoms with E-state index in [0.717, 1.165) is 6.54 Å². The fraction of sp³-hybridized carbons (Fsp3) is 0.600. The van der Waals surface area contributed by atoms with Gasteiger partial charge in [0, 0.05) is 17.1 Å². The van der Waals surface area contributed by atoms with Gasteiger partial charge < -0.3 is 10.2 Å². The minimum absolute atomic E-state index is 0.675. The molecule has 100 valence electrons. The fourth-order valence-electron chi connectivity index (χ4n) is 2.57. The van der Waals surface area contributed by atoms with E-state index in [4.69, 9.17) is 0 Å². The second-order valence-corrected chi connectivity index (χ2v) is 5.89. The van der Waals surface area contributed by atoms with Crippen molar-refractivity contribution >= 4 is 15.9 Å². The first-order valence-electron chi connectivity index (χ1n) is 6.98. The normalized spacial score (nSPS) is 21.8. The van der Waals surface area contributed by atoms with E-state index in [1.165, 1.54) is 48.9 Å². The molecule has 1 saturated heterocycles. The van der Waals surface area contributed by atoms with Crippen LogP contribution in [0.2, 0.25) is 0 Å². The van der Waals surface area contributed by atoms with Crippen molar-refractivity contribution < 1.29 is 0 Å². The molecule has 3 heteroatoms. The van der Waals surface area contributed by atoms with Crippen LogP contribution in [0.3, 0.4) is 0 Å². The average molecular weight is 311 g/mol. The van der Waals surface area contributed by atoms with Gasteiger partial charge in [0.05, 0.1) is 0 Å². The molecule has 18 heavy (non-hydrogen) atoms. The maximum atomic E-state index is 3.71. The number of halogens is 1. The smallest absolute Gasteiger partial charge is 0.0220 e. The van der Waals surface area contributed by atoms with Crippen LogP contribution in [0.4, 0.5) is 0 Å². The van der Waals surface area contributed by atoms with Crippen molar-refractivity contribution in [3.05, 3.63) is 34.3 Å². The number of hydrogen-bond donors (Lipinski definition) is 1. The molecule has 2 nitrogen and oxygen atoms in total. The summed E-state index contributed by atoms with van der Waals surface area (Å²) in [5.41, 5.74) is 1.36. The van der Waals surface area contributed by atoms with E-state index < -0.39 is 0 Å². The quantitative estimate of drug-likeness (QED) is 0.917. The lowest BCUT2D eigenvalue weighted by Gasteiger charge is -2.18.